The molecule has 1 aromatic rings. The lowest BCUT2D eigenvalue weighted by Crippen LogP contribution is -2.44. The Morgan fingerprint density at radius 1 is 1.41 bits per heavy atom. The Morgan fingerprint density at radius 2 is 2.14 bits per heavy atom. The molecular formula is C17H27IN4. The second kappa shape index (κ2) is 9.71. The summed E-state index contributed by atoms with van der Waals surface area (Å²) in [5, 5.41) is 6.79. The largest absolute Gasteiger partial charge is 0.369 e. The van der Waals surface area contributed by atoms with E-state index in [2.05, 4.69) is 65.2 Å². The number of nitrogens with one attached hydrogen (secondary N) is 2. The maximum absolute atomic E-state index is 4.46. The number of anilines is 1. The molecule has 0 spiro atoms. The number of aryl methyl sites for hydroxylation is 1. The average molecular weight is 414 g/mol. The minimum absolute atomic E-state index is 0. The summed E-state index contributed by atoms with van der Waals surface area (Å²) >= 11 is 0. The van der Waals surface area contributed by atoms with Gasteiger partial charge < -0.3 is 15.5 Å². The van der Waals surface area contributed by atoms with E-state index < -0.39 is 0 Å². The van der Waals surface area contributed by atoms with Crippen molar-refractivity contribution in [3.8, 4) is 0 Å². The van der Waals surface area contributed by atoms with E-state index in [9.17, 15) is 0 Å². The summed E-state index contributed by atoms with van der Waals surface area (Å²) in [5.41, 5.74) is 2.61. The smallest absolute Gasteiger partial charge is 0.191 e. The van der Waals surface area contributed by atoms with Crippen LogP contribution in [0.5, 0.6) is 0 Å². The minimum Gasteiger partial charge on any atom is -0.369 e. The van der Waals surface area contributed by atoms with Crippen molar-refractivity contribution in [3.05, 3.63) is 42.5 Å². The van der Waals surface area contributed by atoms with Gasteiger partial charge in [-0.25, -0.2) is 4.99 Å². The highest BCUT2D eigenvalue weighted by molar-refractivity contribution is 14.0. The Morgan fingerprint density at radius 3 is 2.77 bits per heavy atom. The van der Waals surface area contributed by atoms with Gasteiger partial charge in [0, 0.05) is 31.4 Å². The first kappa shape index (κ1) is 18.8. The summed E-state index contributed by atoms with van der Waals surface area (Å²) in [7, 11) is 0. The molecule has 0 aromatic heterocycles. The molecule has 1 aliphatic heterocycles. The fourth-order valence-corrected chi connectivity index (χ4v) is 2.54. The number of hydrogen-bond donors (Lipinski definition) is 2. The van der Waals surface area contributed by atoms with Crippen molar-refractivity contribution < 1.29 is 0 Å². The van der Waals surface area contributed by atoms with Crippen LogP contribution in [-0.4, -0.2) is 38.2 Å². The molecule has 0 aliphatic carbocycles. The first-order valence-electron chi connectivity index (χ1n) is 7.70. The van der Waals surface area contributed by atoms with E-state index in [-0.39, 0.29) is 24.0 Å². The molecule has 4 nitrogen and oxygen atoms in total. The third-order valence-electron chi connectivity index (χ3n) is 3.65. The molecule has 0 amide bonds. The zero-order valence-corrected chi connectivity index (χ0v) is 15.8. The Bertz CT molecular complexity index is 484. The summed E-state index contributed by atoms with van der Waals surface area (Å²) in [6.45, 7) is 11.5. The molecule has 1 fully saturated rings. The number of halogens is 1. The van der Waals surface area contributed by atoms with Crippen LogP contribution in [0.1, 0.15) is 18.9 Å². The molecule has 1 unspecified atom stereocenters. The molecule has 1 aliphatic rings. The first-order chi connectivity index (χ1) is 10.2. The third-order valence-corrected chi connectivity index (χ3v) is 3.65. The van der Waals surface area contributed by atoms with Crippen molar-refractivity contribution in [3.63, 3.8) is 0 Å². The Balaban J connectivity index is 0.00000242. The Kier molecular flexibility index (Phi) is 8.30. The fourth-order valence-electron chi connectivity index (χ4n) is 2.54. The van der Waals surface area contributed by atoms with Crippen LogP contribution in [0.25, 0.3) is 0 Å². The van der Waals surface area contributed by atoms with Gasteiger partial charge in [-0.1, -0.05) is 23.8 Å². The molecule has 122 valence electrons. The average Bonchev–Trinajstić information content (AvgIpc) is 2.94. The Labute approximate surface area is 151 Å². The second-order valence-electron chi connectivity index (χ2n) is 5.42. The fraction of sp³-hybridized carbons (Fsp3) is 0.471. The number of nitrogens with zero attached hydrogens (tertiary/aromatic N) is 2. The van der Waals surface area contributed by atoms with Gasteiger partial charge in [-0.3, -0.25) is 0 Å². The van der Waals surface area contributed by atoms with E-state index in [4.69, 9.17) is 0 Å². The minimum atomic E-state index is 0. The monoisotopic (exact) mass is 414 g/mol. The second-order valence-corrected chi connectivity index (χ2v) is 5.42. The van der Waals surface area contributed by atoms with E-state index in [1.165, 1.54) is 11.3 Å². The van der Waals surface area contributed by atoms with Crippen LogP contribution >= 0.6 is 24.0 Å². The van der Waals surface area contributed by atoms with E-state index >= 15 is 0 Å². The van der Waals surface area contributed by atoms with Crippen molar-refractivity contribution in [1.29, 1.82) is 0 Å². The van der Waals surface area contributed by atoms with Crippen molar-refractivity contribution in [2.75, 3.05) is 31.1 Å². The molecule has 5 heteroatoms. The van der Waals surface area contributed by atoms with Crippen LogP contribution in [0, 0.1) is 6.92 Å². The quantitative estimate of drug-likeness (QED) is 0.337. The summed E-state index contributed by atoms with van der Waals surface area (Å²) in [4.78, 5) is 6.89. The molecule has 0 saturated carbocycles. The lowest BCUT2D eigenvalue weighted by Gasteiger charge is -2.20. The SMILES string of the molecule is C=CCN=C(NCC)NC1CCN(c2ccc(C)cc2)C1.I. The predicted molar refractivity (Wildman–Crippen MR) is 107 cm³/mol. The maximum atomic E-state index is 4.46. The lowest BCUT2D eigenvalue weighted by atomic mass is 10.2. The van der Waals surface area contributed by atoms with Gasteiger partial charge in [0.15, 0.2) is 5.96 Å². The van der Waals surface area contributed by atoms with Gasteiger partial charge in [-0.05, 0) is 32.4 Å². The van der Waals surface area contributed by atoms with Crippen LogP contribution < -0.4 is 15.5 Å². The molecule has 2 rings (SSSR count). The zero-order chi connectivity index (χ0) is 15.1. The summed E-state index contributed by atoms with van der Waals surface area (Å²) < 4.78 is 0. The molecule has 0 bridgehead atoms. The molecule has 22 heavy (non-hydrogen) atoms. The van der Waals surface area contributed by atoms with Gasteiger partial charge in [-0.2, -0.15) is 0 Å². The molecule has 1 saturated heterocycles. The van der Waals surface area contributed by atoms with Crippen LogP contribution in [0.3, 0.4) is 0 Å². The van der Waals surface area contributed by atoms with E-state index in [1.807, 2.05) is 6.08 Å². The molecule has 2 N–H and O–H groups in total. The van der Waals surface area contributed by atoms with Gasteiger partial charge in [0.2, 0.25) is 0 Å². The molecule has 1 aromatic carbocycles. The number of hydrogen-bond acceptors (Lipinski definition) is 2. The van der Waals surface area contributed by atoms with Crippen LogP contribution in [-0.2, 0) is 0 Å². The zero-order valence-electron chi connectivity index (χ0n) is 13.5. The summed E-state index contributed by atoms with van der Waals surface area (Å²) in [6, 6.07) is 9.19. The Hall–Kier alpha value is -1.24. The third kappa shape index (κ3) is 5.51. The van der Waals surface area contributed by atoms with Gasteiger partial charge in [0.25, 0.3) is 0 Å². The molecule has 1 atom stereocenters. The number of guanidine groups is 1. The summed E-state index contributed by atoms with van der Waals surface area (Å²) in [5.74, 6) is 0.883. The normalized spacial score (nSPS) is 17.8. The first-order valence-corrected chi connectivity index (χ1v) is 7.70. The van der Waals surface area contributed by atoms with Crippen LogP contribution in [0.15, 0.2) is 41.9 Å². The van der Waals surface area contributed by atoms with Gasteiger partial charge >= 0.3 is 0 Å². The van der Waals surface area contributed by atoms with E-state index in [1.54, 1.807) is 0 Å². The van der Waals surface area contributed by atoms with Gasteiger partial charge in [0.05, 0.1) is 6.54 Å². The highest BCUT2D eigenvalue weighted by Gasteiger charge is 2.23. The molecule has 0 radical (unpaired) electrons. The van der Waals surface area contributed by atoms with Crippen LogP contribution in [0.2, 0.25) is 0 Å². The predicted octanol–water partition coefficient (Wildman–Crippen LogP) is 2.93. The standard InChI is InChI=1S/C17H26N4.HI/c1-4-11-19-17(18-5-2)20-15-10-12-21(13-15)16-8-6-14(3)7-9-16;/h4,6-9,15H,1,5,10-13H2,2-3H3,(H2,18,19,20);1H. The summed E-state index contributed by atoms with van der Waals surface area (Å²) in [6.07, 6.45) is 2.94. The molecular weight excluding hydrogens is 387 g/mol. The van der Waals surface area contributed by atoms with Crippen molar-refractivity contribution in [2.45, 2.75) is 26.3 Å². The van der Waals surface area contributed by atoms with Crippen LogP contribution in [0.4, 0.5) is 5.69 Å². The topological polar surface area (TPSA) is 39.7 Å². The highest BCUT2D eigenvalue weighted by Crippen LogP contribution is 2.20. The number of rotatable bonds is 5. The van der Waals surface area contributed by atoms with Crippen molar-refractivity contribution in [1.82, 2.24) is 10.6 Å². The van der Waals surface area contributed by atoms with Gasteiger partial charge in [-0.15, -0.1) is 30.6 Å². The van der Waals surface area contributed by atoms with E-state index in [0.717, 1.165) is 32.0 Å². The van der Waals surface area contributed by atoms with E-state index in [0.29, 0.717) is 12.6 Å². The van der Waals surface area contributed by atoms with Gasteiger partial charge in [0.1, 0.15) is 0 Å². The number of aliphatic imine (C=N–C) groups is 1. The lowest BCUT2D eigenvalue weighted by molar-refractivity contribution is 0.651. The van der Waals surface area contributed by atoms with Crippen molar-refractivity contribution in [2.24, 2.45) is 4.99 Å². The molecule has 1 heterocycles. The highest BCUT2D eigenvalue weighted by atomic mass is 127. The maximum Gasteiger partial charge on any atom is 0.191 e. The van der Waals surface area contributed by atoms with Crippen molar-refractivity contribution >= 4 is 35.6 Å². The number of benzene rings is 1.